The van der Waals surface area contributed by atoms with Gasteiger partial charge in [-0.2, -0.15) is 0 Å². The molecule has 4 aromatic rings. The van der Waals surface area contributed by atoms with E-state index in [0.29, 0.717) is 13.2 Å². The fourth-order valence-corrected chi connectivity index (χ4v) is 6.19. The van der Waals surface area contributed by atoms with Crippen molar-refractivity contribution in [3.63, 3.8) is 0 Å². The van der Waals surface area contributed by atoms with Crippen molar-refractivity contribution in [1.82, 2.24) is 9.55 Å². The highest BCUT2D eigenvalue weighted by Crippen LogP contribution is 2.35. The second-order valence-electron chi connectivity index (χ2n) is 9.73. The summed E-state index contributed by atoms with van der Waals surface area (Å²) in [5.74, 6) is 0.880. The molecule has 2 aromatic heterocycles. The van der Waals surface area contributed by atoms with Crippen molar-refractivity contribution in [3.8, 4) is 22.1 Å². The van der Waals surface area contributed by atoms with Crippen LogP contribution in [0.3, 0.4) is 0 Å². The average Bonchev–Trinajstić information content (AvgIpc) is 3.45. The van der Waals surface area contributed by atoms with Crippen molar-refractivity contribution < 1.29 is 19.4 Å². The molecule has 6 nitrogen and oxygen atoms in total. The smallest absolute Gasteiger partial charge is 0.323 e. The minimum Gasteiger partial charge on any atom is -0.493 e. The fraction of sp³-hybridized carbons (Fsp3) is 0.400. The number of rotatable bonds is 11. The Hall–Kier alpha value is -3.32. The van der Waals surface area contributed by atoms with Crippen molar-refractivity contribution in [2.45, 2.75) is 65.3 Å². The van der Waals surface area contributed by atoms with Crippen LogP contribution in [-0.4, -0.2) is 33.8 Å². The summed E-state index contributed by atoms with van der Waals surface area (Å²) in [5.41, 5.74) is 5.67. The van der Waals surface area contributed by atoms with Crippen LogP contribution in [0.2, 0.25) is 0 Å². The van der Waals surface area contributed by atoms with Crippen molar-refractivity contribution >= 4 is 28.2 Å². The molecule has 194 valence electrons. The molecule has 2 aromatic carbocycles. The largest absolute Gasteiger partial charge is 0.493 e. The maximum absolute atomic E-state index is 11.1. The van der Waals surface area contributed by atoms with Crippen LogP contribution in [0.5, 0.6) is 11.5 Å². The minimum absolute atomic E-state index is 0.0468. The van der Waals surface area contributed by atoms with E-state index in [4.69, 9.17) is 19.6 Å². The lowest BCUT2D eigenvalue weighted by Crippen LogP contribution is -2.07. The first-order valence-corrected chi connectivity index (χ1v) is 14.0. The molecule has 0 aliphatic heterocycles. The Morgan fingerprint density at radius 2 is 1.95 bits per heavy atom. The van der Waals surface area contributed by atoms with E-state index in [1.807, 2.05) is 42.7 Å². The predicted molar refractivity (Wildman–Crippen MR) is 148 cm³/mol. The number of aromatic nitrogens is 2. The van der Waals surface area contributed by atoms with Crippen molar-refractivity contribution in [3.05, 3.63) is 64.3 Å². The zero-order valence-corrected chi connectivity index (χ0v) is 22.4. The SMILES string of the molecule is CCCc1cc(-c2nc3c(s2)CCCC3)ccc1OCCCOc1ccc2c(c1)c(C)cn2CC(=O)O. The lowest BCUT2D eigenvalue weighted by Gasteiger charge is -2.13. The van der Waals surface area contributed by atoms with Crippen molar-refractivity contribution in [1.29, 1.82) is 0 Å². The summed E-state index contributed by atoms with van der Waals surface area (Å²) >= 11 is 1.85. The van der Waals surface area contributed by atoms with Gasteiger partial charge in [-0.05, 0) is 86.6 Å². The van der Waals surface area contributed by atoms with Gasteiger partial charge in [-0.15, -0.1) is 11.3 Å². The highest BCUT2D eigenvalue weighted by atomic mass is 32.1. The van der Waals surface area contributed by atoms with Gasteiger partial charge in [-0.25, -0.2) is 4.98 Å². The Kier molecular flexibility index (Phi) is 7.79. The zero-order chi connectivity index (χ0) is 25.8. The fourth-order valence-electron chi connectivity index (χ4n) is 5.05. The van der Waals surface area contributed by atoms with E-state index in [9.17, 15) is 4.79 Å². The van der Waals surface area contributed by atoms with E-state index in [1.54, 1.807) is 4.57 Å². The number of carbonyl (C=O) groups is 1. The molecule has 5 rings (SSSR count). The summed E-state index contributed by atoms with van der Waals surface area (Å²) in [5, 5.41) is 11.3. The van der Waals surface area contributed by atoms with Gasteiger partial charge in [-0.1, -0.05) is 13.3 Å². The number of aryl methyl sites for hydroxylation is 4. The number of carboxylic acid groups (broad SMARTS) is 1. The number of ether oxygens (including phenoxy) is 2. The number of nitrogens with zero attached hydrogens (tertiary/aromatic N) is 2. The number of aliphatic carboxylic acids is 1. The number of hydrogen-bond acceptors (Lipinski definition) is 5. The first-order valence-electron chi connectivity index (χ1n) is 13.2. The predicted octanol–water partition coefficient (Wildman–Crippen LogP) is 6.84. The van der Waals surface area contributed by atoms with Crippen LogP contribution >= 0.6 is 11.3 Å². The van der Waals surface area contributed by atoms with Crippen LogP contribution in [0, 0.1) is 6.92 Å². The molecule has 1 aliphatic rings. The standard InChI is InChI=1S/C30H34N2O4S/c1-3-7-21-16-22(30-31-25-8-4-5-9-28(25)37-30)10-13-27(21)36-15-6-14-35-23-11-12-26-24(17-23)20(2)18-32(26)19-29(33)34/h10-13,16-18H,3-9,14-15,19H2,1-2H3,(H,33,34). The van der Waals surface area contributed by atoms with Crippen LogP contribution in [-0.2, 0) is 30.6 Å². The normalized spacial score (nSPS) is 13.0. The summed E-state index contributed by atoms with van der Waals surface area (Å²) in [7, 11) is 0. The Morgan fingerprint density at radius 3 is 2.76 bits per heavy atom. The Labute approximate surface area is 221 Å². The third kappa shape index (κ3) is 5.82. The molecule has 0 fully saturated rings. The monoisotopic (exact) mass is 518 g/mol. The Balaban J connectivity index is 1.17. The van der Waals surface area contributed by atoms with E-state index < -0.39 is 5.97 Å². The van der Waals surface area contributed by atoms with Gasteiger partial charge in [0.1, 0.15) is 23.1 Å². The van der Waals surface area contributed by atoms with Gasteiger partial charge in [0.2, 0.25) is 0 Å². The summed E-state index contributed by atoms with van der Waals surface area (Å²) in [6, 6.07) is 12.3. The summed E-state index contributed by atoms with van der Waals surface area (Å²) in [6.07, 6.45) is 9.49. The Morgan fingerprint density at radius 1 is 1.11 bits per heavy atom. The van der Waals surface area contributed by atoms with Crippen LogP contribution in [0.4, 0.5) is 0 Å². The maximum atomic E-state index is 11.1. The van der Waals surface area contributed by atoms with Gasteiger partial charge in [0.25, 0.3) is 0 Å². The van der Waals surface area contributed by atoms with Crippen LogP contribution in [0.15, 0.2) is 42.6 Å². The maximum Gasteiger partial charge on any atom is 0.323 e. The highest BCUT2D eigenvalue weighted by molar-refractivity contribution is 7.15. The molecule has 37 heavy (non-hydrogen) atoms. The third-order valence-corrected chi connectivity index (χ3v) is 8.05. The molecule has 2 heterocycles. The van der Waals surface area contributed by atoms with Crippen molar-refractivity contribution in [2.24, 2.45) is 0 Å². The molecule has 1 N–H and O–H groups in total. The molecule has 0 bridgehead atoms. The molecular formula is C30H34N2O4S. The van der Waals surface area contributed by atoms with Gasteiger partial charge in [0.05, 0.1) is 18.9 Å². The quantitative estimate of drug-likeness (QED) is 0.220. The summed E-state index contributed by atoms with van der Waals surface area (Å²) in [4.78, 5) is 17.5. The second kappa shape index (κ2) is 11.4. The van der Waals surface area contributed by atoms with Gasteiger partial charge in [-0.3, -0.25) is 4.79 Å². The highest BCUT2D eigenvalue weighted by Gasteiger charge is 2.17. The second-order valence-corrected chi connectivity index (χ2v) is 10.8. The number of fused-ring (bicyclic) bond motifs is 2. The number of benzene rings is 2. The molecule has 0 amide bonds. The molecule has 0 unspecified atom stereocenters. The van der Waals surface area contributed by atoms with E-state index in [-0.39, 0.29) is 6.54 Å². The average molecular weight is 519 g/mol. The zero-order valence-electron chi connectivity index (χ0n) is 21.6. The van der Waals surface area contributed by atoms with Gasteiger partial charge >= 0.3 is 5.97 Å². The molecule has 0 atom stereocenters. The first-order chi connectivity index (χ1) is 18.0. The molecule has 1 aliphatic carbocycles. The topological polar surface area (TPSA) is 73.6 Å². The first kappa shape index (κ1) is 25.3. The van der Waals surface area contributed by atoms with Gasteiger partial charge in [0.15, 0.2) is 0 Å². The van der Waals surface area contributed by atoms with Gasteiger partial charge < -0.3 is 19.1 Å². The minimum atomic E-state index is -0.851. The number of hydrogen-bond donors (Lipinski definition) is 1. The van der Waals surface area contributed by atoms with Crippen LogP contribution < -0.4 is 9.47 Å². The molecule has 0 spiro atoms. The number of thiazole rings is 1. The molecule has 7 heteroatoms. The third-order valence-electron chi connectivity index (χ3n) is 6.84. The molecule has 0 radical (unpaired) electrons. The summed E-state index contributed by atoms with van der Waals surface area (Å²) in [6.45, 7) is 5.26. The Bertz CT molecular complexity index is 1380. The van der Waals surface area contributed by atoms with E-state index in [0.717, 1.165) is 58.7 Å². The van der Waals surface area contributed by atoms with E-state index >= 15 is 0 Å². The van der Waals surface area contributed by atoms with Crippen LogP contribution in [0.1, 0.15) is 54.3 Å². The van der Waals surface area contributed by atoms with Crippen LogP contribution in [0.25, 0.3) is 21.5 Å². The number of carboxylic acids is 1. The summed E-state index contributed by atoms with van der Waals surface area (Å²) < 4.78 is 13.9. The lowest BCUT2D eigenvalue weighted by molar-refractivity contribution is -0.137. The molecule has 0 saturated carbocycles. The molecular weight excluding hydrogens is 484 g/mol. The van der Waals surface area contributed by atoms with E-state index in [1.165, 1.54) is 41.0 Å². The molecule has 0 saturated heterocycles. The lowest BCUT2D eigenvalue weighted by atomic mass is 10.0. The van der Waals surface area contributed by atoms with Gasteiger partial charge in [0, 0.05) is 34.0 Å². The van der Waals surface area contributed by atoms with E-state index in [2.05, 4.69) is 25.1 Å². The van der Waals surface area contributed by atoms with Crippen molar-refractivity contribution in [2.75, 3.05) is 13.2 Å².